The summed E-state index contributed by atoms with van der Waals surface area (Å²) in [5, 5.41) is 3.71. The highest BCUT2D eigenvalue weighted by Crippen LogP contribution is 2.27. The van der Waals surface area contributed by atoms with E-state index in [1.807, 2.05) is 0 Å². The molecule has 0 aromatic carbocycles. The molecule has 1 aliphatic rings. The molecule has 0 saturated carbocycles. The molecule has 1 unspecified atom stereocenters. The van der Waals surface area contributed by atoms with Gasteiger partial charge in [0.2, 0.25) is 0 Å². The molecule has 1 nitrogen and oxygen atoms in total. The topological polar surface area (TPSA) is 12.0 Å². The number of hydrogen-bond donors (Lipinski definition) is 1. The van der Waals surface area contributed by atoms with Crippen LogP contribution in [0.3, 0.4) is 0 Å². The van der Waals surface area contributed by atoms with E-state index < -0.39 is 0 Å². The Hall–Kier alpha value is 0.310. The Kier molecular flexibility index (Phi) is 10.1. The first-order chi connectivity index (χ1) is 8.86. The second-order valence-electron chi connectivity index (χ2n) is 5.75. The molecule has 2 heteroatoms. The predicted molar refractivity (Wildman–Crippen MR) is 85.5 cm³/mol. The van der Waals surface area contributed by atoms with Crippen LogP contribution < -0.4 is 5.32 Å². The fraction of sp³-hybridized carbons (Fsp3) is 1.00. The third-order valence-electron chi connectivity index (χ3n) is 4.11. The van der Waals surface area contributed by atoms with Gasteiger partial charge in [-0.1, -0.05) is 46.0 Å². The van der Waals surface area contributed by atoms with Gasteiger partial charge in [0.25, 0.3) is 0 Å². The maximum absolute atomic E-state index is 3.71. The lowest BCUT2D eigenvalue weighted by Crippen LogP contribution is -2.32. The fourth-order valence-electron chi connectivity index (χ4n) is 2.97. The van der Waals surface area contributed by atoms with Crippen molar-refractivity contribution in [1.82, 2.24) is 5.32 Å². The van der Waals surface area contributed by atoms with Crippen LogP contribution in [0, 0.1) is 5.92 Å². The minimum atomic E-state index is 0.796. The van der Waals surface area contributed by atoms with Gasteiger partial charge in [-0.05, 0) is 49.7 Å². The second kappa shape index (κ2) is 11.2. The smallest absolute Gasteiger partial charge is 0.00695 e. The van der Waals surface area contributed by atoms with E-state index in [0.717, 1.165) is 18.5 Å². The molecule has 1 aliphatic heterocycles. The first-order valence-electron chi connectivity index (χ1n) is 8.18. The van der Waals surface area contributed by atoms with E-state index in [0.29, 0.717) is 0 Å². The van der Waals surface area contributed by atoms with Crippen LogP contribution in [0.4, 0.5) is 0 Å². The first kappa shape index (κ1) is 16.4. The summed E-state index contributed by atoms with van der Waals surface area (Å²) in [6, 6.07) is 0.796. The minimum Gasteiger partial charge on any atom is -0.314 e. The molecule has 0 aromatic heterocycles. The number of rotatable bonds is 10. The Morgan fingerprint density at radius 1 is 1.06 bits per heavy atom. The molecule has 1 atom stereocenters. The van der Waals surface area contributed by atoms with Crippen molar-refractivity contribution in [2.24, 2.45) is 5.92 Å². The van der Waals surface area contributed by atoms with Crippen LogP contribution in [0.25, 0.3) is 0 Å². The van der Waals surface area contributed by atoms with E-state index in [1.54, 1.807) is 0 Å². The Morgan fingerprint density at radius 3 is 2.44 bits per heavy atom. The van der Waals surface area contributed by atoms with E-state index in [9.17, 15) is 0 Å². The Labute approximate surface area is 119 Å². The van der Waals surface area contributed by atoms with Crippen LogP contribution in [0.1, 0.15) is 71.6 Å². The SMILES string of the molecule is CCCCCCCC(CC1CCSCC1)NCC. The molecule has 0 amide bonds. The fourth-order valence-corrected chi connectivity index (χ4v) is 4.17. The molecule has 18 heavy (non-hydrogen) atoms. The van der Waals surface area contributed by atoms with Gasteiger partial charge < -0.3 is 5.32 Å². The van der Waals surface area contributed by atoms with Gasteiger partial charge in [0.1, 0.15) is 0 Å². The molecule has 1 saturated heterocycles. The maximum Gasteiger partial charge on any atom is 0.00695 e. The number of hydrogen-bond acceptors (Lipinski definition) is 2. The zero-order chi connectivity index (χ0) is 13.1. The highest BCUT2D eigenvalue weighted by atomic mass is 32.2. The molecule has 0 aliphatic carbocycles. The molecule has 1 N–H and O–H groups in total. The van der Waals surface area contributed by atoms with Gasteiger partial charge in [0, 0.05) is 6.04 Å². The average molecular weight is 272 g/mol. The van der Waals surface area contributed by atoms with E-state index in [4.69, 9.17) is 0 Å². The summed E-state index contributed by atoms with van der Waals surface area (Å²) in [6.07, 6.45) is 12.8. The van der Waals surface area contributed by atoms with Crippen molar-refractivity contribution in [1.29, 1.82) is 0 Å². The van der Waals surface area contributed by atoms with E-state index >= 15 is 0 Å². The van der Waals surface area contributed by atoms with Crippen molar-refractivity contribution in [3.63, 3.8) is 0 Å². The lowest BCUT2D eigenvalue weighted by molar-refractivity contribution is 0.347. The normalized spacial score (nSPS) is 19.0. The van der Waals surface area contributed by atoms with Crippen molar-refractivity contribution >= 4 is 11.8 Å². The van der Waals surface area contributed by atoms with Gasteiger partial charge in [0.15, 0.2) is 0 Å². The first-order valence-corrected chi connectivity index (χ1v) is 9.33. The summed E-state index contributed by atoms with van der Waals surface area (Å²) in [4.78, 5) is 0. The van der Waals surface area contributed by atoms with Crippen LogP contribution in [0.2, 0.25) is 0 Å². The van der Waals surface area contributed by atoms with Crippen LogP contribution in [-0.4, -0.2) is 24.1 Å². The molecule has 108 valence electrons. The van der Waals surface area contributed by atoms with Gasteiger partial charge in [-0.3, -0.25) is 0 Å². The Balaban J connectivity index is 2.12. The number of nitrogens with one attached hydrogen (secondary N) is 1. The van der Waals surface area contributed by atoms with E-state index in [2.05, 4.69) is 30.9 Å². The lowest BCUT2D eigenvalue weighted by atomic mass is 9.91. The zero-order valence-corrected chi connectivity index (χ0v) is 13.4. The van der Waals surface area contributed by atoms with Gasteiger partial charge in [0.05, 0.1) is 0 Å². The van der Waals surface area contributed by atoms with Crippen LogP contribution >= 0.6 is 11.8 Å². The summed E-state index contributed by atoms with van der Waals surface area (Å²) in [6.45, 7) is 5.68. The molecule has 1 rings (SSSR count). The monoisotopic (exact) mass is 271 g/mol. The van der Waals surface area contributed by atoms with Crippen molar-refractivity contribution in [2.75, 3.05) is 18.1 Å². The molecule has 0 radical (unpaired) electrons. The minimum absolute atomic E-state index is 0.796. The van der Waals surface area contributed by atoms with Gasteiger partial charge in [-0.25, -0.2) is 0 Å². The summed E-state index contributed by atoms with van der Waals surface area (Å²) in [5.74, 6) is 3.81. The largest absolute Gasteiger partial charge is 0.314 e. The van der Waals surface area contributed by atoms with Crippen molar-refractivity contribution in [3.05, 3.63) is 0 Å². The third kappa shape index (κ3) is 7.68. The Bertz CT molecular complexity index is 178. The summed E-state index contributed by atoms with van der Waals surface area (Å²) >= 11 is 2.15. The van der Waals surface area contributed by atoms with Gasteiger partial charge in [-0.15, -0.1) is 0 Å². The number of unbranched alkanes of at least 4 members (excludes halogenated alkanes) is 4. The van der Waals surface area contributed by atoms with E-state index in [-0.39, 0.29) is 0 Å². The second-order valence-corrected chi connectivity index (χ2v) is 6.97. The van der Waals surface area contributed by atoms with E-state index in [1.165, 1.54) is 69.3 Å². The summed E-state index contributed by atoms with van der Waals surface area (Å²) in [7, 11) is 0. The van der Waals surface area contributed by atoms with Gasteiger partial charge in [-0.2, -0.15) is 11.8 Å². The molecule has 0 aromatic rings. The summed E-state index contributed by atoms with van der Waals surface area (Å²) < 4.78 is 0. The molecule has 0 spiro atoms. The van der Waals surface area contributed by atoms with Crippen molar-refractivity contribution in [2.45, 2.75) is 77.7 Å². The van der Waals surface area contributed by atoms with Crippen molar-refractivity contribution < 1.29 is 0 Å². The molecule has 0 bridgehead atoms. The quantitative estimate of drug-likeness (QED) is 0.570. The molecular formula is C16H33NS. The van der Waals surface area contributed by atoms with Crippen LogP contribution in [0.15, 0.2) is 0 Å². The van der Waals surface area contributed by atoms with Crippen LogP contribution in [0.5, 0.6) is 0 Å². The number of thioether (sulfide) groups is 1. The Morgan fingerprint density at radius 2 is 1.78 bits per heavy atom. The standard InChI is InChI=1S/C16H33NS/c1-3-5-6-7-8-9-16(17-4-2)14-15-10-12-18-13-11-15/h15-17H,3-14H2,1-2H3. The molecular weight excluding hydrogens is 238 g/mol. The third-order valence-corrected chi connectivity index (χ3v) is 5.16. The van der Waals surface area contributed by atoms with Crippen LogP contribution in [-0.2, 0) is 0 Å². The zero-order valence-electron chi connectivity index (χ0n) is 12.5. The molecule has 1 fully saturated rings. The maximum atomic E-state index is 3.71. The van der Waals surface area contributed by atoms with Crippen molar-refractivity contribution in [3.8, 4) is 0 Å². The highest BCUT2D eigenvalue weighted by Gasteiger charge is 2.18. The van der Waals surface area contributed by atoms with Gasteiger partial charge >= 0.3 is 0 Å². The summed E-state index contributed by atoms with van der Waals surface area (Å²) in [5.41, 5.74) is 0. The predicted octanol–water partition coefficient (Wildman–Crippen LogP) is 4.86. The lowest BCUT2D eigenvalue weighted by Gasteiger charge is -2.27. The molecule has 1 heterocycles. The average Bonchev–Trinajstić information content (AvgIpc) is 2.40. The highest BCUT2D eigenvalue weighted by molar-refractivity contribution is 7.99.